The molecule has 1 aromatic heterocycles. The smallest absolute Gasteiger partial charge is 0.329 e. The summed E-state index contributed by atoms with van der Waals surface area (Å²) in [7, 11) is 0. The van der Waals surface area contributed by atoms with Gasteiger partial charge >= 0.3 is 6.18 Å². The van der Waals surface area contributed by atoms with Gasteiger partial charge in [-0.25, -0.2) is 0 Å². The molecule has 3 N–H and O–H groups in total. The number of hydrogen-bond donors (Lipinski definition) is 2. The monoisotopic (exact) mass is 364 g/mol. The Morgan fingerprint density at radius 3 is 2.48 bits per heavy atom. The van der Waals surface area contributed by atoms with Crippen molar-refractivity contribution in [3.05, 3.63) is 70.6 Å². The highest BCUT2D eigenvalue weighted by atomic mass is 32.1. The van der Waals surface area contributed by atoms with Crippen LogP contribution >= 0.6 is 11.3 Å². The number of fused-ring (bicyclic) bond motifs is 1. The maximum absolute atomic E-state index is 13.1. The summed E-state index contributed by atoms with van der Waals surface area (Å²) in [6.45, 7) is 0.498. The van der Waals surface area contributed by atoms with Crippen LogP contribution in [0.3, 0.4) is 0 Å². The molecule has 0 aliphatic rings. The van der Waals surface area contributed by atoms with Crippen molar-refractivity contribution in [1.82, 2.24) is 5.32 Å². The maximum Gasteiger partial charge on any atom is 0.416 e. The molecule has 0 aliphatic carbocycles. The van der Waals surface area contributed by atoms with Crippen LogP contribution in [0.5, 0.6) is 0 Å². The molecule has 2 nitrogen and oxygen atoms in total. The molecule has 3 aromatic rings. The maximum atomic E-state index is 13.1. The number of benzene rings is 2. The number of rotatable bonds is 6. The molecule has 6 heteroatoms. The van der Waals surface area contributed by atoms with Crippen LogP contribution in [0.25, 0.3) is 10.1 Å². The SMILES string of the molecule is NCC(Cc1csc2ccccc12)NCc1ccccc1C(F)(F)F. The van der Waals surface area contributed by atoms with Crippen molar-refractivity contribution in [2.75, 3.05) is 6.54 Å². The third kappa shape index (κ3) is 4.21. The Kier molecular flexibility index (Phi) is 5.42. The van der Waals surface area contributed by atoms with Gasteiger partial charge in [-0.1, -0.05) is 36.4 Å². The first-order valence-electron chi connectivity index (χ1n) is 8.02. The quantitative estimate of drug-likeness (QED) is 0.672. The number of halogens is 3. The normalized spacial score (nSPS) is 13.3. The lowest BCUT2D eigenvalue weighted by Crippen LogP contribution is -2.37. The van der Waals surface area contributed by atoms with Gasteiger partial charge in [-0.2, -0.15) is 13.2 Å². The average Bonchev–Trinajstić information content (AvgIpc) is 3.01. The zero-order chi connectivity index (χ0) is 17.9. The van der Waals surface area contributed by atoms with Gasteiger partial charge in [-0.05, 0) is 40.4 Å². The van der Waals surface area contributed by atoms with E-state index >= 15 is 0 Å². The molecule has 0 radical (unpaired) electrons. The van der Waals surface area contributed by atoms with Crippen LogP contribution in [-0.2, 0) is 19.1 Å². The standard InChI is InChI=1S/C19H19F3N2S/c20-19(21,22)17-7-3-1-5-13(17)11-24-15(10-23)9-14-12-25-18-8-4-2-6-16(14)18/h1-8,12,15,24H,9-11,23H2. The number of nitrogens with one attached hydrogen (secondary N) is 1. The fourth-order valence-corrected chi connectivity index (χ4v) is 3.88. The summed E-state index contributed by atoms with van der Waals surface area (Å²) in [4.78, 5) is 0. The van der Waals surface area contributed by atoms with Crippen LogP contribution in [0.2, 0.25) is 0 Å². The van der Waals surface area contributed by atoms with Gasteiger partial charge in [0.2, 0.25) is 0 Å². The summed E-state index contributed by atoms with van der Waals surface area (Å²) in [5.74, 6) is 0. The molecule has 0 saturated carbocycles. The van der Waals surface area contributed by atoms with Crippen molar-refractivity contribution in [3.63, 3.8) is 0 Å². The highest BCUT2D eigenvalue weighted by molar-refractivity contribution is 7.17. The van der Waals surface area contributed by atoms with Gasteiger partial charge in [0.1, 0.15) is 0 Å². The number of thiophene rings is 1. The number of alkyl halides is 3. The summed E-state index contributed by atoms with van der Waals surface area (Å²) in [5.41, 5.74) is 6.66. The molecule has 25 heavy (non-hydrogen) atoms. The zero-order valence-corrected chi connectivity index (χ0v) is 14.3. The van der Waals surface area contributed by atoms with E-state index in [0.29, 0.717) is 13.0 Å². The minimum absolute atomic E-state index is 0.0840. The lowest BCUT2D eigenvalue weighted by atomic mass is 10.0. The van der Waals surface area contributed by atoms with Gasteiger partial charge in [0.25, 0.3) is 0 Å². The number of hydrogen-bond acceptors (Lipinski definition) is 3. The largest absolute Gasteiger partial charge is 0.416 e. The third-order valence-corrected chi connectivity index (χ3v) is 5.23. The molecule has 1 heterocycles. The lowest BCUT2D eigenvalue weighted by molar-refractivity contribution is -0.138. The molecule has 132 valence electrons. The summed E-state index contributed by atoms with van der Waals surface area (Å²) >= 11 is 1.67. The van der Waals surface area contributed by atoms with E-state index in [-0.39, 0.29) is 18.2 Å². The highest BCUT2D eigenvalue weighted by Gasteiger charge is 2.32. The van der Waals surface area contributed by atoms with Crippen molar-refractivity contribution in [2.24, 2.45) is 5.73 Å². The third-order valence-electron chi connectivity index (χ3n) is 4.22. The molecule has 0 aliphatic heterocycles. The minimum Gasteiger partial charge on any atom is -0.329 e. The van der Waals surface area contributed by atoms with Crippen molar-refractivity contribution in [1.29, 1.82) is 0 Å². The summed E-state index contributed by atoms with van der Waals surface area (Å²) in [6.07, 6.45) is -3.66. The summed E-state index contributed by atoms with van der Waals surface area (Å²) in [6, 6.07) is 13.7. The van der Waals surface area contributed by atoms with Crippen LogP contribution in [0.1, 0.15) is 16.7 Å². The Morgan fingerprint density at radius 2 is 1.72 bits per heavy atom. The molecule has 0 bridgehead atoms. The molecule has 2 aromatic carbocycles. The molecule has 3 rings (SSSR count). The minimum atomic E-state index is -4.35. The van der Waals surface area contributed by atoms with Crippen molar-refractivity contribution in [2.45, 2.75) is 25.2 Å². The van der Waals surface area contributed by atoms with Gasteiger partial charge in [-0.15, -0.1) is 11.3 Å². The molecule has 1 atom stereocenters. The Morgan fingerprint density at radius 1 is 1.00 bits per heavy atom. The van der Waals surface area contributed by atoms with Gasteiger partial charge in [0, 0.05) is 23.8 Å². The number of nitrogens with two attached hydrogens (primary N) is 1. The van der Waals surface area contributed by atoms with Gasteiger partial charge < -0.3 is 11.1 Å². The average molecular weight is 364 g/mol. The van der Waals surface area contributed by atoms with Gasteiger partial charge in [-0.3, -0.25) is 0 Å². The molecule has 0 fully saturated rings. The van der Waals surface area contributed by atoms with Crippen LogP contribution in [-0.4, -0.2) is 12.6 Å². The van der Waals surface area contributed by atoms with E-state index in [1.807, 2.05) is 12.1 Å². The predicted molar refractivity (Wildman–Crippen MR) is 96.7 cm³/mol. The topological polar surface area (TPSA) is 38.0 Å². The molecular weight excluding hydrogens is 345 g/mol. The second kappa shape index (κ2) is 7.56. The van der Waals surface area contributed by atoms with E-state index in [9.17, 15) is 13.2 Å². The summed E-state index contributed by atoms with van der Waals surface area (Å²) < 4.78 is 40.5. The van der Waals surface area contributed by atoms with Gasteiger partial charge in [0.05, 0.1) is 5.56 Å². The highest BCUT2D eigenvalue weighted by Crippen LogP contribution is 2.32. The van der Waals surface area contributed by atoms with Crippen molar-refractivity contribution < 1.29 is 13.2 Å². The van der Waals surface area contributed by atoms with Crippen LogP contribution in [0.4, 0.5) is 13.2 Å². The van der Waals surface area contributed by atoms with E-state index in [4.69, 9.17) is 5.73 Å². The van der Waals surface area contributed by atoms with E-state index < -0.39 is 11.7 Å². The van der Waals surface area contributed by atoms with Crippen LogP contribution in [0, 0.1) is 0 Å². The first-order valence-corrected chi connectivity index (χ1v) is 8.90. The predicted octanol–water partition coefficient (Wildman–Crippen LogP) is 4.58. The van der Waals surface area contributed by atoms with Crippen molar-refractivity contribution >= 4 is 21.4 Å². The molecule has 0 spiro atoms. The summed E-state index contributed by atoms with van der Waals surface area (Å²) in [5, 5.41) is 6.46. The first kappa shape index (κ1) is 17.9. The van der Waals surface area contributed by atoms with Crippen LogP contribution in [0.15, 0.2) is 53.9 Å². The Labute approximate surface area is 148 Å². The van der Waals surface area contributed by atoms with Crippen LogP contribution < -0.4 is 11.1 Å². The zero-order valence-electron chi connectivity index (χ0n) is 13.5. The Balaban J connectivity index is 1.72. The second-order valence-electron chi connectivity index (χ2n) is 5.93. The molecule has 0 saturated heterocycles. The second-order valence-corrected chi connectivity index (χ2v) is 6.84. The van der Waals surface area contributed by atoms with E-state index in [1.54, 1.807) is 17.4 Å². The lowest BCUT2D eigenvalue weighted by Gasteiger charge is -2.19. The molecule has 0 amide bonds. The molecule has 1 unspecified atom stereocenters. The first-order chi connectivity index (χ1) is 12.0. The van der Waals surface area contributed by atoms with E-state index in [0.717, 1.165) is 6.07 Å². The van der Waals surface area contributed by atoms with E-state index in [1.165, 1.54) is 27.8 Å². The fourth-order valence-electron chi connectivity index (χ4n) is 2.90. The van der Waals surface area contributed by atoms with Gasteiger partial charge in [0.15, 0.2) is 0 Å². The van der Waals surface area contributed by atoms with E-state index in [2.05, 4.69) is 22.8 Å². The van der Waals surface area contributed by atoms with Crippen molar-refractivity contribution in [3.8, 4) is 0 Å². The Hall–Kier alpha value is -1.89. The fraction of sp³-hybridized carbons (Fsp3) is 0.263. The Bertz CT molecular complexity index is 842. The molecular formula is C19H19F3N2S.